The smallest absolute Gasteiger partial charge is 0.338 e. The molecule has 0 unspecified atom stereocenters. The van der Waals surface area contributed by atoms with Crippen molar-refractivity contribution >= 4 is 34.2 Å². The molecule has 0 aliphatic carbocycles. The normalized spacial score (nSPS) is 13.0. The minimum atomic E-state index is -3.34. The summed E-state index contributed by atoms with van der Waals surface area (Å²) in [6, 6.07) is 3.19. The number of hydrogen-bond acceptors (Lipinski definition) is 8. The predicted molar refractivity (Wildman–Crippen MR) is 141 cm³/mol. The molecule has 17 heteroatoms. The van der Waals surface area contributed by atoms with E-state index in [-0.39, 0.29) is 33.2 Å². The third-order valence-corrected chi connectivity index (χ3v) is 6.12. The number of benzene rings is 2. The first-order valence-electron chi connectivity index (χ1n) is 12.9. The molecule has 0 saturated carbocycles. The van der Waals surface area contributed by atoms with Crippen molar-refractivity contribution in [1.29, 1.82) is 0 Å². The maximum atomic E-state index is 15.0. The number of aryl methyl sites for hydroxylation is 2. The van der Waals surface area contributed by atoms with Gasteiger partial charge >= 0.3 is 17.3 Å². The molecule has 5 aromatic rings. The summed E-state index contributed by atoms with van der Waals surface area (Å²) in [6.07, 6.45) is 2.89. The van der Waals surface area contributed by atoms with Crippen LogP contribution in [0, 0.1) is 17.5 Å². The quantitative estimate of drug-likeness (QED) is 0.204. The highest BCUT2D eigenvalue weighted by atomic mass is 35.5. The Bertz CT molecular complexity index is 2150. The second-order valence-electron chi connectivity index (χ2n) is 8.95. The van der Waals surface area contributed by atoms with Crippen LogP contribution in [0.1, 0.15) is 21.1 Å². The van der Waals surface area contributed by atoms with Crippen molar-refractivity contribution in [3.8, 4) is 0 Å². The highest BCUT2D eigenvalue weighted by Crippen LogP contribution is 2.29. The van der Waals surface area contributed by atoms with Crippen LogP contribution in [0.5, 0.6) is 0 Å². The van der Waals surface area contributed by atoms with Gasteiger partial charge in [-0.2, -0.15) is 10.2 Å². The van der Waals surface area contributed by atoms with Crippen LogP contribution in [-0.2, 0) is 43.4 Å². The Hall–Kier alpha value is -4.99. The van der Waals surface area contributed by atoms with Gasteiger partial charge in [0.15, 0.2) is 24.2 Å². The van der Waals surface area contributed by atoms with Gasteiger partial charge < -0.3 is 4.74 Å². The first-order chi connectivity index (χ1) is 20.7. The highest BCUT2D eigenvalue weighted by Gasteiger charge is 2.20. The minimum absolute atomic E-state index is 0.0457. The van der Waals surface area contributed by atoms with Crippen LogP contribution in [0.4, 0.5) is 18.9 Å². The van der Waals surface area contributed by atoms with Crippen LogP contribution < -0.4 is 17.0 Å². The Morgan fingerprint density at radius 2 is 1.71 bits per heavy atom. The molecule has 0 bridgehead atoms. The number of aromatic nitrogens is 8. The third-order valence-electron chi connectivity index (χ3n) is 5.82. The number of esters is 1. The van der Waals surface area contributed by atoms with Gasteiger partial charge in [0.1, 0.15) is 12.1 Å². The van der Waals surface area contributed by atoms with E-state index in [0.29, 0.717) is 20.0 Å². The molecule has 0 fully saturated rings. The van der Waals surface area contributed by atoms with E-state index in [1.165, 1.54) is 34.9 Å². The van der Waals surface area contributed by atoms with Gasteiger partial charge in [0.25, 0.3) is 0 Å². The Morgan fingerprint density at radius 3 is 2.40 bits per heavy atom. The SMILES string of the molecule is [2H]C([2H])(c1cc(F)c(F)cc1F)n1c(=O)n(Cc2ncn(C)n2)c(=O)n(COC(C)=O)c1=Nc1cc2cn(C)nc2cc1Cl. The molecular weight excluding hydrogens is 583 g/mol. The van der Waals surface area contributed by atoms with Crippen LogP contribution >= 0.6 is 11.6 Å². The molecule has 3 aromatic heterocycles. The fourth-order valence-electron chi connectivity index (χ4n) is 3.93. The maximum absolute atomic E-state index is 15.0. The molecule has 3 heterocycles. The molecule has 0 aliphatic heterocycles. The maximum Gasteiger partial charge on any atom is 0.338 e. The zero-order valence-corrected chi connectivity index (χ0v) is 22.8. The van der Waals surface area contributed by atoms with Gasteiger partial charge in [0.05, 0.1) is 32.0 Å². The van der Waals surface area contributed by atoms with E-state index >= 15 is 4.39 Å². The van der Waals surface area contributed by atoms with E-state index in [2.05, 4.69) is 20.2 Å². The van der Waals surface area contributed by atoms with Crippen LogP contribution in [0.3, 0.4) is 0 Å². The molecule has 0 spiro atoms. The molecule has 13 nitrogen and oxygen atoms in total. The van der Waals surface area contributed by atoms with Crippen LogP contribution in [0.2, 0.25) is 5.02 Å². The minimum Gasteiger partial charge on any atom is -0.444 e. The molecule has 0 radical (unpaired) electrons. The molecule has 42 heavy (non-hydrogen) atoms. The molecule has 0 atom stereocenters. The van der Waals surface area contributed by atoms with Gasteiger partial charge in [-0.15, -0.1) is 0 Å². The van der Waals surface area contributed by atoms with E-state index < -0.39 is 65.8 Å². The Kier molecular flexibility index (Phi) is 6.87. The molecule has 0 saturated heterocycles. The summed E-state index contributed by atoms with van der Waals surface area (Å²) in [6.45, 7) is -3.82. The fourth-order valence-corrected chi connectivity index (χ4v) is 4.13. The molecule has 5 rings (SSSR count). The summed E-state index contributed by atoms with van der Waals surface area (Å²) in [5.74, 6) is -5.67. The van der Waals surface area contributed by atoms with Gasteiger partial charge in [0.2, 0.25) is 5.62 Å². The van der Waals surface area contributed by atoms with Crippen molar-refractivity contribution < 1.29 is 25.4 Å². The summed E-state index contributed by atoms with van der Waals surface area (Å²) in [5, 5.41) is 8.72. The molecule has 0 amide bonds. The number of nitrogens with zero attached hydrogens (tertiary/aromatic N) is 9. The summed E-state index contributed by atoms with van der Waals surface area (Å²) in [4.78, 5) is 47.8. The number of rotatable bonds is 7. The monoisotopic (exact) mass is 605 g/mol. The third kappa shape index (κ3) is 5.60. The van der Waals surface area contributed by atoms with E-state index in [1.54, 1.807) is 13.2 Å². The van der Waals surface area contributed by atoms with Crippen LogP contribution in [0.25, 0.3) is 10.9 Å². The van der Waals surface area contributed by atoms with Crippen molar-refractivity contribution in [2.24, 2.45) is 19.1 Å². The number of halogens is 4. The second kappa shape index (κ2) is 11.1. The Morgan fingerprint density at radius 1 is 1.00 bits per heavy atom. The first-order valence-corrected chi connectivity index (χ1v) is 12.3. The standard InChI is InChI=1S/C25H21ClF3N9O4/c1-13(39)42-12-38-23(31-21-5-15-8-34(2)32-20(15)6-16(21)26)36(9-14-4-18(28)19(29)7-17(14)27)24(40)37(25(38)41)10-22-30-11-35(3)33-22/h4-8,11H,9-10,12H2,1-3H3/i9D2. The first kappa shape index (κ1) is 25.9. The zero-order chi connectivity index (χ0) is 32.1. The van der Waals surface area contributed by atoms with E-state index in [1.807, 2.05) is 0 Å². The molecule has 2 aromatic carbocycles. The fraction of sp³-hybridized carbons (Fsp3) is 0.240. The average molecular weight is 606 g/mol. The lowest BCUT2D eigenvalue weighted by Crippen LogP contribution is -2.55. The largest absolute Gasteiger partial charge is 0.444 e. The lowest BCUT2D eigenvalue weighted by Gasteiger charge is -2.16. The number of hydrogen-bond donors (Lipinski definition) is 0. The second-order valence-corrected chi connectivity index (χ2v) is 9.36. The van der Waals surface area contributed by atoms with Crippen molar-refractivity contribution in [2.75, 3.05) is 0 Å². The van der Waals surface area contributed by atoms with Crippen LogP contribution in [0.15, 0.2) is 51.4 Å². The van der Waals surface area contributed by atoms with E-state index in [0.717, 1.165) is 6.92 Å². The number of ether oxygens (including phenoxy) is 1. The lowest BCUT2D eigenvalue weighted by atomic mass is 10.2. The predicted octanol–water partition coefficient (Wildman–Crippen LogP) is 1.75. The molecule has 0 N–H and O–H groups in total. The van der Waals surface area contributed by atoms with Crippen molar-refractivity contribution in [2.45, 2.75) is 26.7 Å². The van der Waals surface area contributed by atoms with Crippen molar-refractivity contribution in [1.82, 2.24) is 38.2 Å². The highest BCUT2D eigenvalue weighted by molar-refractivity contribution is 6.33. The number of fused-ring (bicyclic) bond motifs is 1. The van der Waals surface area contributed by atoms with Crippen LogP contribution in [-0.4, -0.2) is 44.2 Å². The van der Waals surface area contributed by atoms with Gasteiger partial charge in [-0.3, -0.25) is 18.7 Å². The van der Waals surface area contributed by atoms with Gasteiger partial charge in [-0.25, -0.2) is 41.9 Å². The summed E-state index contributed by atoms with van der Waals surface area (Å²) >= 11 is 6.44. The number of carbonyl (C=O) groups is 1. The van der Waals surface area contributed by atoms with Crippen molar-refractivity contribution in [3.63, 3.8) is 0 Å². The number of carbonyl (C=O) groups excluding carboxylic acids is 1. The summed E-state index contributed by atoms with van der Waals surface area (Å²) in [7, 11) is 3.17. The molecule has 0 aliphatic rings. The average Bonchev–Trinajstić information content (AvgIpc) is 3.51. The van der Waals surface area contributed by atoms with E-state index in [9.17, 15) is 23.2 Å². The Balaban J connectivity index is 1.93. The topological polar surface area (TPSA) is 136 Å². The zero-order valence-electron chi connectivity index (χ0n) is 24.0. The van der Waals surface area contributed by atoms with E-state index in [4.69, 9.17) is 19.1 Å². The summed E-state index contributed by atoms with van der Waals surface area (Å²) in [5.41, 5.74) is -4.12. The Labute approximate surface area is 241 Å². The molecule has 218 valence electrons. The summed E-state index contributed by atoms with van der Waals surface area (Å²) < 4.78 is 69.9. The van der Waals surface area contributed by atoms with Gasteiger partial charge in [-0.1, -0.05) is 11.6 Å². The van der Waals surface area contributed by atoms with Gasteiger partial charge in [0, 0.05) is 44.2 Å². The lowest BCUT2D eigenvalue weighted by molar-refractivity contribution is -0.145. The van der Waals surface area contributed by atoms with Gasteiger partial charge in [-0.05, 0) is 18.2 Å². The molecular formula is C25H21ClF3N9O4. The van der Waals surface area contributed by atoms with Crippen molar-refractivity contribution in [3.05, 3.63) is 97.2 Å².